The molecule has 70 heavy (non-hydrogen) atoms. The lowest BCUT2D eigenvalue weighted by molar-refractivity contribution is 0.101. The van der Waals surface area contributed by atoms with E-state index in [9.17, 15) is 19.2 Å². The fourth-order valence-corrected chi connectivity index (χ4v) is 10.3. The normalized spacial score (nSPS) is 22.2. The molecule has 22 nitrogen and oxygen atoms in total. The zero-order chi connectivity index (χ0) is 48.3. The van der Waals surface area contributed by atoms with Crippen LogP contribution >= 0.6 is 0 Å². The summed E-state index contributed by atoms with van der Waals surface area (Å²) in [4.78, 5) is 62.1. The van der Waals surface area contributed by atoms with Crippen molar-refractivity contribution >= 4 is 68.7 Å². The smallest absolute Gasteiger partial charge is 0.410 e. The van der Waals surface area contributed by atoms with Crippen molar-refractivity contribution in [1.29, 1.82) is 0 Å². The fourth-order valence-electron chi connectivity index (χ4n) is 10.3. The van der Waals surface area contributed by atoms with Gasteiger partial charge in [0.25, 0.3) is 11.8 Å². The fraction of sp³-hybridized carbons (Fsp3) is 0.375. The van der Waals surface area contributed by atoms with E-state index in [2.05, 4.69) is 30.8 Å². The van der Waals surface area contributed by atoms with Gasteiger partial charge in [0.2, 0.25) is 0 Å². The van der Waals surface area contributed by atoms with Crippen LogP contribution in [0, 0.1) is 0 Å². The first-order valence-electron chi connectivity index (χ1n) is 23.1. The van der Waals surface area contributed by atoms with Gasteiger partial charge < -0.3 is 39.4 Å². The van der Waals surface area contributed by atoms with Crippen molar-refractivity contribution in [2.24, 2.45) is 0 Å². The van der Waals surface area contributed by atoms with Crippen LogP contribution in [-0.2, 0) is 9.47 Å². The van der Waals surface area contributed by atoms with Crippen molar-refractivity contribution in [3.8, 4) is 11.5 Å². The van der Waals surface area contributed by atoms with Crippen LogP contribution < -0.4 is 20.1 Å². The Labute approximate surface area is 399 Å². The van der Waals surface area contributed by atoms with Crippen LogP contribution in [-0.4, -0.2) is 135 Å². The molecule has 0 atom stereocenters. The number of carbonyl (C=O) groups excluding carboxylic acids is 4. The van der Waals surface area contributed by atoms with E-state index in [0.717, 1.165) is 73.2 Å². The quantitative estimate of drug-likeness (QED) is 0.165. The molecule has 4 aliphatic rings. The maximum Gasteiger partial charge on any atom is 0.410 e. The highest BCUT2D eigenvalue weighted by Gasteiger charge is 2.49. The van der Waals surface area contributed by atoms with Crippen LogP contribution in [0.5, 0.6) is 11.5 Å². The molecule has 0 unspecified atom stereocenters. The van der Waals surface area contributed by atoms with Crippen molar-refractivity contribution in [2.75, 3.05) is 52.2 Å². The molecule has 8 heterocycles. The molecule has 2 N–H and O–H groups in total. The second kappa shape index (κ2) is 17.3. The molecular weight excluding hydrogens is 901 g/mol. The predicted molar refractivity (Wildman–Crippen MR) is 253 cm³/mol. The van der Waals surface area contributed by atoms with E-state index >= 15 is 0 Å². The van der Waals surface area contributed by atoms with Gasteiger partial charge in [0.15, 0.2) is 22.9 Å². The Balaban J connectivity index is 0.000000152. The highest BCUT2D eigenvalue weighted by Crippen LogP contribution is 2.43. The van der Waals surface area contributed by atoms with E-state index in [1.54, 1.807) is 80.0 Å². The second-order valence-electron chi connectivity index (χ2n) is 18.4. The van der Waals surface area contributed by atoms with E-state index in [1.165, 1.54) is 14.2 Å². The number of benzene rings is 2. The third kappa shape index (κ3) is 7.68. The Morgan fingerprint density at radius 2 is 1.06 bits per heavy atom. The molecule has 0 radical (unpaired) electrons. The number of hydrogen-bond donors (Lipinski definition) is 2. The van der Waals surface area contributed by atoms with Gasteiger partial charge in [-0.2, -0.15) is 29.4 Å². The van der Waals surface area contributed by atoms with Gasteiger partial charge in [-0.05, 0) is 87.8 Å². The average Bonchev–Trinajstić information content (AvgIpc) is 4.27. The molecule has 12 rings (SSSR count). The van der Waals surface area contributed by atoms with Crippen LogP contribution in [0.1, 0.15) is 84.2 Å². The maximum absolute atomic E-state index is 13.2. The van der Waals surface area contributed by atoms with Gasteiger partial charge in [-0.1, -0.05) is 0 Å². The lowest BCUT2D eigenvalue weighted by atomic mass is 9.79. The Morgan fingerprint density at radius 1 is 0.643 bits per heavy atom. The first-order chi connectivity index (χ1) is 33.9. The molecule has 2 saturated carbocycles. The summed E-state index contributed by atoms with van der Waals surface area (Å²) in [5, 5.41) is 25.5. The van der Waals surface area contributed by atoms with Gasteiger partial charge in [-0.3, -0.25) is 19.0 Å². The number of cyclic esters (lactones) is 2. The number of amides is 4. The van der Waals surface area contributed by atoms with Crippen LogP contribution in [0.2, 0.25) is 0 Å². The van der Waals surface area contributed by atoms with Crippen molar-refractivity contribution in [1.82, 2.24) is 58.6 Å². The number of ether oxygens (including phenoxy) is 4. The van der Waals surface area contributed by atoms with Gasteiger partial charge in [0, 0.05) is 61.8 Å². The van der Waals surface area contributed by atoms with Crippen molar-refractivity contribution in [2.45, 2.75) is 74.5 Å². The number of rotatable bonds is 8. The summed E-state index contributed by atoms with van der Waals surface area (Å²) < 4.78 is 28.7. The molecule has 0 bridgehead atoms. The summed E-state index contributed by atoms with van der Waals surface area (Å²) in [7, 11) is 6.71. The Kier molecular flexibility index (Phi) is 11.0. The molecule has 22 heteroatoms. The van der Waals surface area contributed by atoms with Crippen LogP contribution in [0.4, 0.5) is 21.2 Å². The molecule has 2 aliphatic carbocycles. The highest BCUT2D eigenvalue weighted by molar-refractivity contribution is 6.09. The Bertz CT molecular complexity index is 3120. The van der Waals surface area contributed by atoms with Crippen molar-refractivity contribution < 1.29 is 38.1 Å². The van der Waals surface area contributed by atoms with Gasteiger partial charge in [0.1, 0.15) is 24.7 Å². The number of likely N-dealkylation sites (N-methyl/N-ethyl adjacent to an activating group) is 2. The topological polar surface area (TPSA) is 232 Å². The molecule has 4 fully saturated rings. The van der Waals surface area contributed by atoms with E-state index in [1.807, 2.05) is 48.0 Å². The average molecular weight is 951 g/mol. The molecule has 8 aromatic rings. The molecule has 2 aromatic carbocycles. The standard InChI is InChI=1S/2C24H25N7O4/c2*1-29-23(33)35-14-24(29)7-5-16(6-8-24)30-13-15-10-17(19(34-2)11-18(15)28-30)22(32)27-21-12-25-20-4-3-9-26-31(20)21/h2*3-4,9-13,16H,5-8,14H2,1-2H3,(H,27,32). The van der Waals surface area contributed by atoms with Crippen LogP contribution in [0.3, 0.4) is 0 Å². The van der Waals surface area contributed by atoms with Gasteiger partial charge in [-0.25, -0.2) is 19.6 Å². The number of hydrogen-bond acceptors (Lipinski definition) is 14. The van der Waals surface area contributed by atoms with Gasteiger partial charge in [0.05, 0.1) is 71.9 Å². The van der Waals surface area contributed by atoms with Crippen molar-refractivity contribution in [3.05, 3.63) is 96.8 Å². The van der Waals surface area contributed by atoms with Gasteiger partial charge in [-0.15, -0.1) is 0 Å². The number of anilines is 2. The summed E-state index contributed by atoms with van der Waals surface area (Å²) in [6.07, 6.45) is 16.9. The first-order valence-corrected chi connectivity index (χ1v) is 23.1. The summed E-state index contributed by atoms with van der Waals surface area (Å²) in [5.74, 6) is 1.17. The Morgan fingerprint density at radius 3 is 1.43 bits per heavy atom. The summed E-state index contributed by atoms with van der Waals surface area (Å²) in [5.41, 5.74) is 3.18. The predicted octanol–water partition coefficient (Wildman–Crippen LogP) is 6.55. The largest absolute Gasteiger partial charge is 0.496 e. The van der Waals surface area contributed by atoms with E-state index < -0.39 is 0 Å². The lowest BCUT2D eigenvalue weighted by Crippen LogP contribution is -2.47. The zero-order valence-electron chi connectivity index (χ0n) is 38.9. The Hall–Kier alpha value is -8.30. The molecule has 2 saturated heterocycles. The van der Waals surface area contributed by atoms with E-state index in [4.69, 9.17) is 29.1 Å². The van der Waals surface area contributed by atoms with Crippen LogP contribution in [0.15, 0.2) is 85.7 Å². The third-order valence-corrected chi connectivity index (χ3v) is 14.6. The number of aromatic nitrogens is 10. The number of carbonyl (C=O) groups is 4. The second-order valence-corrected chi connectivity index (χ2v) is 18.4. The maximum atomic E-state index is 13.2. The summed E-state index contributed by atoms with van der Waals surface area (Å²) in [6.45, 7) is 0.904. The number of nitrogens with one attached hydrogen (secondary N) is 2. The number of imidazole rings is 2. The summed E-state index contributed by atoms with van der Waals surface area (Å²) in [6, 6.07) is 14.8. The molecule has 360 valence electrons. The number of methoxy groups -OCH3 is 2. The van der Waals surface area contributed by atoms with Crippen LogP contribution in [0.25, 0.3) is 33.1 Å². The molecule has 6 aromatic heterocycles. The SMILES string of the molecule is COc1cc2nn(C3CCC4(CC3)COC(=O)N4C)cc2cc1C(=O)Nc1cnc2cccnn12.COc1cc2nn(C3CCC4(CC3)COC(=O)N4C)cc2cc1C(=O)Nc1cnc2cccnn12. The lowest BCUT2D eigenvalue weighted by Gasteiger charge is -2.39. The highest BCUT2D eigenvalue weighted by atomic mass is 16.6. The molecular formula is C48H50N14O8. The zero-order valence-corrected chi connectivity index (χ0v) is 38.9. The minimum Gasteiger partial charge on any atom is -0.496 e. The first kappa shape index (κ1) is 44.2. The molecule has 2 aliphatic heterocycles. The van der Waals surface area contributed by atoms with Gasteiger partial charge >= 0.3 is 12.2 Å². The summed E-state index contributed by atoms with van der Waals surface area (Å²) >= 11 is 0. The van der Waals surface area contributed by atoms with E-state index in [-0.39, 0.29) is 47.2 Å². The number of fused-ring (bicyclic) bond motifs is 4. The van der Waals surface area contributed by atoms with E-state index in [0.29, 0.717) is 58.8 Å². The monoisotopic (exact) mass is 950 g/mol. The molecule has 4 amide bonds. The third-order valence-electron chi connectivity index (χ3n) is 14.6. The van der Waals surface area contributed by atoms with Crippen molar-refractivity contribution in [3.63, 3.8) is 0 Å². The minimum atomic E-state index is -0.322. The minimum absolute atomic E-state index is 0.207. The number of nitrogens with zero attached hydrogens (tertiary/aromatic N) is 12. The molecule has 2 spiro atoms.